The SMILES string of the molecule is CCN(CC)C(=O)COC(=O)[C@@H]1CCCN1S(=O)(=O)c1ccc(Cl)cc1. The fourth-order valence-electron chi connectivity index (χ4n) is 2.90. The van der Waals surface area contributed by atoms with Crippen molar-refractivity contribution in [2.45, 2.75) is 37.6 Å². The van der Waals surface area contributed by atoms with Gasteiger partial charge in [-0.3, -0.25) is 9.59 Å². The third-order valence-electron chi connectivity index (χ3n) is 4.35. The van der Waals surface area contributed by atoms with E-state index in [0.29, 0.717) is 31.0 Å². The topological polar surface area (TPSA) is 84.0 Å². The maximum Gasteiger partial charge on any atom is 0.324 e. The molecule has 1 saturated heterocycles. The number of hydrogen-bond acceptors (Lipinski definition) is 5. The van der Waals surface area contributed by atoms with E-state index >= 15 is 0 Å². The number of halogens is 1. The monoisotopic (exact) mass is 402 g/mol. The van der Waals surface area contributed by atoms with Crippen molar-refractivity contribution in [3.8, 4) is 0 Å². The second-order valence-electron chi connectivity index (χ2n) is 5.90. The molecule has 1 aliphatic rings. The van der Waals surface area contributed by atoms with Gasteiger partial charge in [0.25, 0.3) is 5.91 Å². The minimum absolute atomic E-state index is 0.0702. The van der Waals surface area contributed by atoms with Crippen LogP contribution < -0.4 is 0 Å². The van der Waals surface area contributed by atoms with E-state index in [2.05, 4.69) is 0 Å². The van der Waals surface area contributed by atoms with E-state index < -0.39 is 22.0 Å². The second kappa shape index (κ2) is 8.83. The largest absolute Gasteiger partial charge is 0.454 e. The average molecular weight is 403 g/mol. The Balaban J connectivity index is 2.08. The molecule has 0 bridgehead atoms. The highest BCUT2D eigenvalue weighted by molar-refractivity contribution is 7.89. The van der Waals surface area contributed by atoms with Gasteiger partial charge in [-0.1, -0.05) is 11.6 Å². The lowest BCUT2D eigenvalue weighted by Gasteiger charge is -2.23. The van der Waals surface area contributed by atoms with Gasteiger partial charge >= 0.3 is 5.97 Å². The second-order valence-corrected chi connectivity index (χ2v) is 8.23. The highest BCUT2D eigenvalue weighted by Crippen LogP contribution is 2.27. The Morgan fingerprint density at radius 1 is 1.23 bits per heavy atom. The number of rotatable bonds is 7. The summed E-state index contributed by atoms with van der Waals surface area (Å²) in [6, 6.07) is 4.87. The van der Waals surface area contributed by atoms with Crippen LogP contribution in [0.5, 0.6) is 0 Å². The molecule has 26 heavy (non-hydrogen) atoms. The van der Waals surface area contributed by atoms with Gasteiger partial charge in [0.05, 0.1) is 4.90 Å². The van der Waals surface area contributed by atoms with Gasteiger partial charge in [0.1, 0.15) is 6.04 Å². The van der Waals surface area contributed by atoms with Crippen LogP contribution in [-0.4, -0.2) is 61.8 Å². The van der Waals surface area contributed by atoms with Crippen LogP contribution in [-0.2, 0) is 24.3 Å². The molecule has 7 nitrogen and oxygen atoms in total. The number of sulfonamides is 1. The van der Waals surface area contributed by atoms with Gasteiger partial charge in [0, 0.05) is 24.7 Å². The Kier molecular flexibility index (Phi) is 7.02. The van der Waals surface area contributed by atoms with Gasteiger partial charge in [0.15, 0.2) is 6.61 Å². The van der Waals surface area contributed by atoms with Crippen LogP contribution in [0.1, 0.15) is 26.7 Å². The van der Waals surface area contributed by atoms with E-state index in [4.69, 9.17) is 16.3 Å². The molecule has 2 rings (SSSR count). The smallest absolute Gasteiger partial charge is 0.324 e. The summed E-state index contributed by atoms with van der Waals surface area (Å²) in [5, 5.41) is 0.427. The summed E-state index contributed by atoms with van der Waals surface area (Å²) < 4.78 is 31.8. The van der Waals surface area contributed by atoms with Crippen molar-refractivity contribution in [2.24, 2.45) is 0 Å². The van der Waals surface area contributed by atoms with Crippen LogP contribution in [0.3, 0.4) is 0 Å². The molecule has 1 aromatic rings. The minimum atomic E-state index is -3.84. The van der Waals surface area contributed by atoms with Crippen LogP contribution in [0.25, 0.3) is 0 Å². The van der Waals surface area contributed by atoms with Gasteiger partial charge < -0.3 is 9.64 Å². The summed E-state index contributed by atoms with van der Waals surface area (Å²) in [4.78, 5) is 25.9. The van der Waals surface area contributed by atoms with Gasteiger partial charge in [-0.25, -0.2) is 8.42 Å². The first-order valence-corrected chi connectivity index (χ1v) is 10.3. The molecule has 0 N–H and O–H groups in total. The maximum atomic E-state index is 12.8. The van der Waals surface area contributed by atoms with Crippen LogP contribution in [0.4, 0.5) is 0 Å². The summed E-state index contributed by atoms with van der Waals surface area (Å²) in [5.41, 5.74) is 0. The number of carbonyl (C=O) groups is 2. The molecule has 0 aromatic heterocycles. The Labute approximate surface area is 158 Å². The number of ether oxygens (including phenoxy) is 1. The Hall–Kier alpha value is -1.64. The number of hydrogen-bond donors (Lipinski definition) is 0. The van der Waals surface area contributed by atoms with E-state index in [0.717, 1.165) is 4.31 Å². The third-order valence-corrected chi connectivity index (χ3v) is 6.52. The lowest BCUT2D eigenvalue weighted by atomic mass is 10.2. The molecule has 0 radical (unpaired) electrons. The molecule has 144 valence electrons. The molecule has 0 spiro atoms. The number of nitrogens with zero attached hydrogens (tertiary/aromatic N) is 2. The zero-order valence-electron chi connectivity index (χ0n) is 14.9. The maximum absolute atomic E-state index is 12.8. The third kappa shape index (κ3) is 4.55. The predicted molar refractivity (Wildman–Crippen MR) is 97.3 cm³/mol. The normalized spacial score (nSPS) is 17.9. The quantitative estimate of drug-likeness (QED) is 0.650. The first-order chi connectivity index (χ1) is 12.3. The van der Waals surface area contributed by atoms with Crippen molar-refractivity contribution < 1.29 is 22.7 Å². The van der Waals surface area contributed by atoms with Gasteiger partial charge in [0.2, 0.25) is 10.0 Å². The highest BCUT2D eigenvalue weighted by atomic mass is 35.5. The van der Waals surface area contributed by atoms with Crippen molar-refractivity contribution in [1.82, 2.24) is 9.21 Å². The summed E-state index contributed by atoms with van der Waals surface area (Å²) in [6.45, 7) is 4.56. The lowest BCUT2D eigenvalue weighted by molar-refractivity contribution is -0.154. The van der Waals surface area contributed by atoms with Crippen LogP contribution >= 0.6 is 11.6 Å². The summed E-state index contributed by atoms with van der Waals surface area (Å²) in [6.07, 6.45) is 0.918. The van der Waals surface area contributed by atoms with Crippen molar-refractivity contribution in [3.63, 3.8) is 0 Å². The Bertz CT molecular complexity index is 747. The van der Waals surface area contributed by atoms with Crippen LogP contribution in [0, 0.1) is 0 Å². The predicted octanol–water partition coefficient (Wildman–Crippen LogP) is 1.90. The van der Waals surface area contributed by atoms with Gasteiger partial charge in [-0.2, -0.15) is 4.31 Å². The molecule has 1 heterocycles. The molecule has 1 atom stereocenters. The standard InChI is InChI=1S/C17H23ClN2O5S/c1-3-19(4-2)16(21)12-25-17(22)15-6-5-11-20(15)26(23,24)14-9-7-13(18)8-10-14/h7-10,15H,3-6,11-12H2,1-2H3/t15-/m0/s1. The molecule has 0 aliphatic carbocycles. The van der Waals surface area contributed by atoms with Crippen molar-refractivity contribution in [3.05, 3.63) is 29.3 Å². The summed E-state index contributed by atoms with van der Waals surface area (Å²) >= 11 is 5.80. The number of esters is 1. The van der Waals surface area contributed by atoms with Crippen molar-refractivity contribution >= 4 is 33.5 Å². The average Bonchev–Trinajstić information content (AvgIpc) is 3.12. The summed E-state index contributed by atoms with van der Waals surface area (Å²) in [7, 11) is -3.84. The van der Waals surface area contributed by atoms with Gasteiger partial charge in [-0.05, 0) is 51.0 Å². The van der Waals surface area contributed by atoms with E-state index in [1.165, 1.54) is 24.3 Å². The fourth-order valence-corrected chi connectivity index (χ4v) is 4.67. The highest BCUT2D eigenvalue weighted by Gasteiger charge is 2.40. The minimum Gasteiger partial charge on any atom is -0.454 e. The molecule has 1 amide bonds. The summed E-state index contributed by atoms with van der Waals surface area (Å²) in [5.74, 6) is -0.992. The van der Waals surface area contributed by atoms with Gasteiger partial charge in [-0.15, -0.1) is 0 Å². The number of benzene rings is 1. The lowest BCUT2D eigenvalue weighted by Crippen LogP contribution is -2.42. The van der Waals surface area contributed by atoms with Crippen LogP contribution in [0.15, 0.2) is 29.2 Å². The molecular formula is C17H23ClN2O5S. The van der Waals surface area contributed by atoms with Crippen molar-refractivity contribution in [1.29, 1.82) is 0 Å². The first kappa shape index (κ1) is 20.7. The van der Waals surface area contributed by atoms with E-state index in [1.807, 2.05) is 13.8 Å². The number of amides is 1. The van der Waals surface area contributed by atoms with E-state index in [9.17, 15) is 18.0 Å². The number of likely N-dealkylation sites (N-methyl/N-ethyl adjacent to an activating group) is 1. The molecular weight excluding hydrogens is 380 g/mol. The molecule has 9 heteroatoms. The Morgan fingerprint density at radius 3 is 2.42 bits per heavy atom. The van der Waals surface area contributed by atoms with E-state index in [-0.39, 0.29) is 24.0 Å². The number of carbonyl (C=O) groups excluding carboxylic acids is 2. The zero-order valence-corrected chi connectivity index (χ0v) is 16.4. The van der Waals surface area contributed by atoms with Crippen LogP contribution in [0.2, 0.25) is 5.02 Å². The molecule has 1 fully saturated rings. The molecule has 0 saturated carbocycles. The van der Waals surface area contributed by atoms with Crippen molar-refractivity contribution in [2.75, 3.05) is 26.2 Å². The Morgan fingerprint density at radius 2 is 1.85 bits per heavy atom. The first-order valence-electron chi connectivity index (χ1n) is 8.53. The fraction of sp³-hybridized carbons (Fsp3) is 0.529. The molecule has 0 unspecified atom stereocenters. The zero-order chi connectivity index (χ0) is 19.3. The van der Waals surface area contributed by atoms with E-state index in [1.54, 1.807) is 4.90 Å². The molecule has 1 aliphatic heterocycles. The molecule has 1 aromatic carbocycles.